The van der Waals surface area contributed by atoms with Gasteiger partial charge in [-0.2, -0.15) is 0 Å². The molecule has 0 fully saturated rings. The highest BCUT2D eigenvalue weighted by atomic mass is 16.5. The normalized spacial score (nSPS) is 13.6. The maximum atomic E-state index is 5.09. The summed E-state index contributed by atoms with van der Waals surface area (Å²) in [5, 5.41) is 3.47. The summed E-state index contributed by atoms with van der Waals surface area (Å²) in [6.07, 6.45) is 0. The molecule has 0 aromatic rings. The molecule has 0 aliphatic carbocycles. The predicted octanol–water partition coefficient (Wildman–Crippen LogP) is 1.80. The molecule has 0 spiro atoms. The third kappa shape index (κ3) is 6.32. The Morgan fingerprint density at radius 2 is 1.55 bits per heavy atom. The zero-order valence-corrected chi connectivity index (χ0v) is 8.62. The Balaban J connectivity index is 3.91. The Bertz CT molecular complexity index is 113. The molecule has 0 aliphatic heterocycles. The van der Waals surface area contributed by atoms with Crippen LogP contribution in [-0.4, -0.2) is 24.8 Å². The molecule has 2 nitrogen and oxygen atoms in total. The number of ether oxygens (including phenoxy) is 1. The smallest absolute Gasteiger partial charge is 0.0639 e. The van der Waals surface area contributed by atoms with E-state index in [-0.39, 0.29) is 11.1 Å². The van der Waals surface area contributed by atoms with Crippen LogP contribution in [0.3, 0.4) is 0 Å². The summed E-state index contributed by atoms with van der Waals surface area (Å²) >= 11 is 0. The van der Waals surface area contributed by atoms with Crippen LogP contribution in [0.2, 0.25) is 0 Å². The minimum absolute atomic E-state index is 0.0625. The highest BCUT2D eigenvalue weighted by Gasteiger charge is 2.23. The van der Waals surface area contributed by atoms with Crippen LogP contribution in [0.5, 0.6) is 0 Å². The lowest BCUT2D eigenvalue weighted by Gasteiger charge is -2.34. The van der Waals surface area contributed by atoms with Crippen molar-refractivity contribution in [1.29, 1.82) is 0 Å². The Hall–Kier alpha value is -0.0800. The molecule has 0 aromatic heterocycles. The molecular weight excluding hydrogens is 138 g/mol. The molecule has 11 heavy (non-hydrogen) atoms. The molecule has 0 saturated heterocycles. The molecular formula is C9H21NO. The topological polar surface area (TPSA) is 21.3 Å². The van der Waals surface area contributed by atoms with Crippen molar-refractivity contribution in [2.45, 2.75) is 45.7 Å². The van der Waals surface area contributed by atoms with E-state index in [9.17, 15) is 0 Å². The molecule has 2 heteroatoms. The van der Waals surface area contributed by atoms with E-state index in [0.717, 1.165) is 6.61 Å². The Kier molecular flexibility index (Phi) is 3.52. The van der Waals surface area contributed by atoms with E-state index in [4.69, 9.17) is 4.74 Å². The van der Waals surface area contributed by atoms with E-state index in [0.29, 0.717) is 0 Å². The zero-order valence-electron chi connectivity index (χ0n) is 8.62. The van der Waals surface area contributed by atoms with Gasteiger partial charge >= 0.3 is 0 Å². The van der Waals surface area contributed by atoms with Crippen LogP contribution in [0.4, 0.5) is 0 Å². The molecule has 0 bridgehead atoms. The van der Waals surface area contributed by atoms with E-state index >= 15 is 0 Å². The van der Waals surface area contributed by atoms with Gasteiger partial charge < -0.3 is 10.1 Å². The maximum Gasteiger partial charge on any atom is 0.0639 e. The average molecular weight is 159 g/mol. The van der Waals surface area contributed by atoms with Gasteiger partial charge in [0.05, 0.1) is 6.61 Å². The zero-order chi connectivity index (χ0) is 9.12. The van der Waals surface area contributed by atoms with Gasteiger partial charge in [-0.1, -0.05) is 0 Å². The standard InChI is InChI=1S/C9H21NO/c1-8(2,3)10-9(4,5)7-11-6/h10H,7H2,1-6H3. The fourth-order valence-electron chi connectivity index (χ4n) is 1.41. The second kappa shape index (κ2) is 3.55. The van der Waals surface area contributed by atoms with Crippen molar-refractivity contribution < 1.29 is 4.74 Å². The van der Waals surface area contributed by atoms with E-state index in [1.807, 2.05) is 0 Å². The van der Waals surface area contributed by atoms with Crippen molar-refractivity contribution >= 4 is 0 Å². The summed E-state index contributed by atoms with van der Waals surface area (Å²) in [4.78, 5) is 0. The minimum Gasteiger partial charge on any atom is -0.383 e. The summed E-state index contributed by atoms with van der Waals surface area (Å²) in [5.74, 6) is 0. The fourth-order valence-corrected chi connectivity index (χ4v) is 1.41. The molecule has 0 saturated carbocycles. The van der Waals surface area contributed by atoms with E-state index < -0.39 is 0 Å². The second-order valence-corrected chi connectivity index (χ2v) is 4.69. The van der Waals surface area contributed by atoms with Crippen LogP contribution >= 0.6 is 0 Å². The van der Waals surface area contributed by atoms with Gasteiger partial charge in [-0.15, -0.1) is 0 Å². The largest absolute Gasteiger partial charge is 0.383 e. The molecule has 0 atom stereocenters. The van der Waals surface area contributed by atoms with Crippen molar-refractivity contribution in [1.82, 2.24) is 5.32 Å². The van der Waals surface area contributed by atoms with Crippen molar-refractivity contribution in [2.24, 2.45) is 0 Å². The molecule has 0 heterocycles. The minimum atomic E-state index is 0.0625. The Morgan fingerprint density at radius 3 is 1.82 bits per heavy atom. The van der Waals surface area contributed by atoms with E-state index in [1.54, 1.807) is 7.11 Å². The quantitative estimate of drug-likeness (QED) is 0.678. The first kappa shape index (κ1) is 10.9. The van der Waals surface area contributed by atoms with Gasteiger partial charge in [0.25, 0.3) is 0 Å². The molecule has 1 N–H and O–H groups in total. The van der Waals surface area contributed by atoms with Crippen molar-refractivity contribution in [3.63, 3.8) is 0 Å². The lowest BCUT2D eigenvalue weighted by molar-refractivity contribution is 0.111. The van der Waals surface area contributed by atoms with Gasteiger partial charge in [-0.05, 0) is 34.6 Å². The summed E-state index contributed by atoms with van der Waals surface area (Å²) in [6.45, 7) is 11.5. The number of hydrogen-bond acceptors (Lipinski definition) is 2. The summed E-state index contributed by atoms with van der Waals surface area (Å²) < 4.78 is 5.09. The lowest BCUT2D eigenvalue weighted by Crippen LogP contribution is -2.52. The first-order valence-corrected chi connectivity index (χ1v) is 4.05. The van der Waals surface area contributed by atoms with Crippen molar-refractivity contribution in [3.8, 4) is 0 Å². The van der Waals surface area contributed by atoms with Gasteiger partial charge in [0, 0.05) is 18.2 Å². The molecule has 0 amide bonds. The van der Waals surface area contributed by atoms with E-state index in [1.165, 1.54) is 0 Å². The second-order valence-electron chi connectivity index (χ2n) is 4.69. The monoisotopic (exact) mass is 159 g/mol. The highest BCUT2D eigenvalue weighted by Crippen LogP contribution is 2.10. The molecule has 0 aromatic carbocycles. The van der Waals surface area contributed by atoms with Gasteiger partial charge in [-0.3, -0.25) is 0 Å². The SMILES string of the molecule is COCC(C)(C)NC(C)(C)C. The molecule has 68 valence electrons. The maximum absolute atomic E-state index is 5.09. The third-order valence-electron chi connectivity index (χ3n) is 1.22. The molecule has 0 rings (SSSR count). The Morgan fingerprint density at radius 1 is 1.09 bits per heavy atom. The molecule has 0 aliphatic rings. The van der Waals surface area contributed by atoms with Crippen LogP contribution in [0.25, 0.3) is 0 Å². The van der Waals surface area contributed by atoms with E-state index in [2.05, 4.69) is 39.9 Å². The van der Waals surface area contributed by atoms with Crippen LogP contribution in [0.15, 0.2) is 0 Å². The van der Waals surface area contributed by atoms with Gasteiger partial charge in [0.2, 0.25) is 0 Å². The third-order valence-corrected chi connectivity index (χ3v) is 1.22. The van der Waals surface area contributed by atoms with Gasteiger partial charge in [0.15, 0.2) is 0 Å². The summed E-state index contributed by atoms with van der Waals surface area (Å²) in [5.41, 5.74) is 0.217. The highest BCUT2D eigenvalue weighted by molar-refractivity contribution is 4.84. The van der Waals surface area contributed by atoms with Gasteiger partial charge in [0.1, 0.15) is 0 Å². The first-order chi connectivity index (χ1) is 4.77. The number of rotatable bonds is 3. The van der Waals surface area contributed by atoms with Crippen molar-refractivity contribution in [2.75, 3.05) is 13.7 Å². The molecule has 0 radical (unpaired) electrons. The van der Waals surface area contributed by atoms with Crippen LogP contribution in [0.1, 0.15) is 34.6 Å². The Labute approximate surface area is 70.3 Å². The first-order valence-electron chi connectivity index (χ1n) is 4.05. The fraction of sp³-hybridized carbons (Fsp3) is 1.00. The van der Waals surface area contributed by atoms with Crippen LogP contribution in [0, 0.1) is 0 Å². The van der Waals surface area contributed by atoms with Gasteiger partial charge in [-0.25, -0.2) is 0 Å². The number of nitrogens with one attached hydrogen (secondary N) is 1. The number of hydrogen-bond donors (Lipinski definition) is 1. The molecule has 0 unspecified atom stereocenters. The number of methoxy groups -OCH3 is 1. The summed E-state index contributed by atoms with van der Waals surface area (Å²) in [6, 6.07) is 0. The summed E-state index contributed by atoms with van der Waals surface area (Å²) in [7, 11) is 1.73. The van der Waals surface area contributed by atoms with Crippen LogP contribution < -0.4 is 5.32 Å². The predicted molar refractivity (Wildman–Crippen MR) is 48.8 cm³/mol. The lowest BCUT2D eigenvalue weighted by atomic mass is 10.00. The van der Waals surface area contributed by atoms with Crippen molar-refractivity contribution in [3.05, 3.63) is 0 Å². The van der Waals surface area contributed by atoms with Crippen LogP contribution in [-0.2, 0) is 4.74 Å². The average Bonchev–Trinajstić information content (AvgIpc) is 1.55.